The van der Waals surface area contributed by atoms with E-state index in [1.807, 2.05) is 0 Å². The van der Waals surface area contributed by atoms with E-state index in [-0.39, 0.29) is 0 Å². The molecular formula is C15H25N3O. The summed E-state index contributed by atoms with van der Waals surface area (Å²) >= 11 is 0. The minimum atomic E-state index is 0.534. The second-order valence-corrected chi connectivity index (χ2v) is 6.30. The van der Waals surface area contributed by atoms with Gasteiger partial charge in [0.1, 0.15) is 5.82 Å². The van der Waals surface area contributed by atoms with Gasteiger partial charge in [0.15, 0.2) is 0 Å². The lowest BCUT2D eigenvalue weighted by molar-refractivity contribution is 0.167. The Bertz CT molecular complexity index is 421. The molecule has 0 saturated carbocycles. The first-order valence-corrected chi connectivity index (χ1v) is 7.64. The Labute approximate surface area is 115 Å². The third-order valence-corrected chi connectivity index (χ3v) is 4.33. The second-order valence-electron chi connectivity index (χ2n) is 6.30. The Balaban J connectivity index is 1.75. The molecule has 19 heavy (non-hydrogen) atoms. The van der Waals surface area contributed by atoms with Crippen LogP contribution in [0.2, 0.25) is 0 Å². The fourth-order valence-corrected chi connectivity index (χ4v) is 3.15. The van der Waals surface area contributed by atoms with Crippen molar-refractivity contribution in [3.8, 4) is 0 Å². The molecule has 0 radical (unpaired) electrons. The highest BCUT2D eigenvalue weighted by Gasteiger charge is 2.31. The van der Waals surface area contributed by atoms with Crippen LogP contribution in [0.1, 0.15) is 44.8 Å². The SMILES string of the molecule is CC(C)CCc1cc2n(n1)C(C1CCOC1)CCN2. The second kappa shape index (κ2) is 5.53. The molecule has 2 unspecified atom stereocenters. The van der Waals surface area contributed by atoms with Crippen molar-refractivity contribution >= 4 is 5.82 Å². The Kier molecular flexibility index (Phi) is 3.78. The van der Waals surface area contributed by atoms with Crippen molar-refractivity contribution in [3.05, 3.63) is 11.8 Å². The number of nitrogens with one attached hydrogen (secondary N) is 1. The summed E-state index contributed by atoms with van der Waals surface area (Å²) in [5.74, 6) is 2.60. The molecule has 4 heteroatoms. The number of ether oxygens (including phenoxy) is 1. The number of aromatic nitrogens is 2. The Morgan fingerprint density at radius 3 is 3.11 bits per heavy atom. The lowest BCUT2D eigenvalue weighted by Crippen LogP contribution is -2.29. The molecule has 0 amide bonds. The minimum absolute atomic E-state index is 0.534. The number of anilines is 1. The fourth-order valence-electron chi connectivity index (χ4n) is 3.15. The van der Waals surface area contributed by atoms with Gasteiger partial charge < -0.3 is 10.1 Å². The largest absolute Gasteiger partial charge is 0.381 e. The zero-order valence-corrected chi connectivity index (χ0v) is 12.1. The average molecular weight is 263 g/mol. The van der Waals surface area contributed by atoms with E-state index in [9.17, 15) is 0 Å². The predicted molar refractivity (Wildman–Crippen MR) is 76.5 cm³/mol. The number of hydrogen-bond acceptors (Lipinski definition) is 3. The van der Waals surface area contributed by atoms with Crippen LogP contribution in [-0.2, 0) is 11.2 Å². The van der Waals surface area contributed by atoms with Crippen LogP contribution >= 0.6 is 0 Å². The molecule has 0 spiro atoms. The van der Waals surface area contributed by atoms with Gasteiger partial charge in [0, 0.05) is 25.1 Å². The van der Waals surface area contributed by atoms with Crippen molar-refractivity contribution in [1.82, 2.24) is 9.78 Å². The zero-order valence-electron chi connectivity index (χ0n) is 12.1. The standard InChI is InChI=1S/C15H25N3O/c1-11(2)3-4-13-9-15-16-7-5-14(18(15)17-13)12-6-8-19-10-12/h9,11-12,14,16H,3-8,10H2,1-2H3. The normalized spacial score (nSPS) is 26.5. The fraction of sp³-hybridized carbons (Fsp3) is 0.800. The highest BCUT2D eigenvalue weighted by atomic mass is 16.5. The summed E-state index contributed by atoms with van der Waals surface area (Å²) in [5.41, 5.74) is 1.24. The molecule has 2 aliphatic heterocycles. The summed E-state index contributed by atoms with van der Waals surface area (Å²) in [6.45, 7) is 7.44. The van der Waals surface area contributed by atoms with E-state index < -0.39 is 0 Å². The van der Waals surface area contributed by atoms with Crippen LogP contribution in [0.3, 0.4) is 0 Å². The first-order chi connectivity index (χ1) is 9.24. The lowest BCUT2D eigenvalue weighted by atomic mass is 9.95. The summed E-state index contributed by atoms with van der Waals surface area (Å²) < 4.78 is 7.78. The quantitative estimate of drug-likeness (QED) is 0.908. The minimum Gasteiger partial charge on any atom is -0.381 e. The topological polar surface area (TPSA) is 39.1 Å². The van der Waals surface area contributed by atoms with Crippen LogP contribution in [0.15, 0.2) is 6.07 Å². The van der Waals surface area contributed by atoms with Gasteiger partial charge in [0.05, 0.1) is 18.3 Å². The molecule has 2 atom stereocenters. The zero-order chi connectivity index (χ0) is 13.2. The van der Waals surface area contributed by atoms with Gasteiger partial charge in [-0.1, -0.05) is 13.8 Å². The van der Waals surface area contributed by atoms with Crippen LogP contribution in [0.25, 0.3) is 0 Å². The monoisotopic (exact) mass is 263 g/mol. The van der Waals surface area contributed by atoms with Gasteiger partial charge in [-0.15, -0.1) is 0 Å². The molecule has 1 saturated heterocycles. The third kappa shape index (κ3) is 2.78. The molecule has 2 aliphatic rings. The first kappa shape index (κ1) is 13.0. The Hall–Kier alpha value is -1.03. The molecule has 3 heterocycles. The van der Waals surface area contributed by atoms with E-state index in [4.69, 9.17) is 9.84 Å². The maximum absolute atomic E-state index is 5.55. The molecule has 1 fully saturated rings. The molecule has 0 bridgehead atoms. The summed E-state index contributed by atoms with van der Waals surface area (Å²) in [4.78, 5) is 0. The average Bonchev–Trinajstić information content (AvgIpc) is 3.04. The maximum Gasteiger partial charge on any atom is 0.124 e. The highest BCUT2D eigenvalue weighted by molar-refractivity contribution is 5.39. The molecular weight excluding hydrogens is 238 g/mol. The van der Waals surface area contributed by atoms with E-state index in [0.717, 1.165) is 32.1 Å². The first-order valence-electron chi connectivity index (χ1n) is 7.64. The summed E-state index contributed by atoms with van der Waals surface area (Å²) in [6, 6.07) is 2.77. The van der Waals surface area contributed by atoms with Gasteiger partial charge in [0.25, 0.3) is 0 Å². The molecule has 4 nitrogen and oxygen atoms in total. The maximum atomic E-state index is 5.55. The number of hydrogen-bond donors (Lipinski definition) is 1. The molecule has 1 N–H and O–H groups in total. The summed E-state index contributed by atoms with van der Waals surface area (Å²) in [7, 11) is 0. The van der Waals surface area contributed by atoms with Gasteiger partial charge in [0.2, 0.25) is 0 Å². The van der Waals surface area contributed by atoms with Gasteiger partial charge in [-0.05, 0) is 31.6 Å². The smallest absolute Gasteiger partial charge is 0.124 e. The summed E-state index contributed by atoms with van der Waals surface area (Å²) in [6.07, 6.45) is 4.67. The van der Waals surface area contributed by atoms with E-state index in [1.54, 1.807) is 0 Å². The van der Waals surface area contributed by atoms with E-state index >= 15 is 0 Å². The number of aryl methyl sites for hydroxylation is 1. The van der Waals surface area contributed by atoms with E-state index in [0.29, 0.717) is 12.0 Å². The van der Waals surface area contributed by atoms with Crippen LogP contribution in [0, 0.1) is 11.8 Å². The van der Waals surface area contributed by atoms with Crippen molar-refractivity contribution in [3.63, 3.8) is 0 Å². The lowest BCUT2D eigenvalue weighted by Gasteiger charge is -2.29. The van der Waals surface area contributed by atoms with Gasteiger partial charge >= 0.3 is 0 Å². The van der Waals surface area contributed by atoms with Crippen LogP contribution < -0.4 is 5.32 Å². The third-order valence-electron chi connectivity index (χ3n) is 4.33. The van der Waals surface area contributed by atoms with Crippen molar-refractivity contribution in [2.75, 3.05) is 25.1 Å². The highest BCUT2D eigenvalue weighted by Crippen LogP contribution is 2.34. The van der Waals surface area contributed by atoms with Crippen LogP contribution in [0.4, 0.5) is 5.82 Å². The Morgan fingerprint density at radius 1 is 1.47 bits per heavy atom. The number of fused-ring (bicyclic) bond motifs is 1. The number of nitrogens with zero attached hydrogens (tertiary/aromatic N) is 2. The molecule has 3 rings (SSSR count). The summed E-state index contributed by atoms with van der Waals surface area (Å²) in [5, 5.41) is 8.33. The Morgan fingerprint density at radius 2 is 2.37 bits per heavy atom. The van der Waals surface area contributed by atoms with Crippen molar-refractivity contribution in [2.45, 2.75) is 45.6 Å². The van der Waals surface area contributed by atoms with Crippen LogP contribution in [0.5, 0.6) is 0 Å². The molecule has 106 valence electrons. The molecule has 0 aromatic carbocycles. The van der Waals surface area contributed by atoms with Gasteiger partial charge in [-0.2, -0.15) is 5.10 Å². The molecule has 0 aliphatic carbocycles. The molecule has 1 aromatic heterocycles. The van der Waals surface area contributed by atoms with E-state index in [1.165, 1.54) is 30.8 Å². The predicted octanol–water partition coefficient (Wildman–Crippen LogP) is 2.86. The van der Waals surface area contributed by atoms with Crippen molar-refractivity contribution in [2.24, 2.45) is 11.8 Å². The van der Waals surface area contributed by atoms with E-state index in [2.05, 4.69) is 29.9 Å². The van der Waals surface area contributed by atoms with Crippen molar-refractivity contribution < 1.29 is 4.74 Å². The van der Waals surface area contributed by atoms with Gasteiger partial charge in [-0.25, -0.2) is 4.68 Å². The van der Waals surface area contributed by atoms with Crippen molar-refractivity contribution in [1.29, 1.82) is 0 Å². The van der Waals surface area contributed by atoms with Crippen LogP contribution in [-0.4, -0.2) is 29.5 Å². The molecule has 1 aromatic rings. The van der Waals surface area contributed by atoms with Gasteiger partial charge in [-0.3, -0.25) is 0 Å². The number of rotatable bonds is 4.